The average molecular weight is 308 g/mol. The summed E-state index contributed by atoms with van der Waals surface area (Å²) < 4.78 is 1.55. The number of halogens is 1. The second kappa shape index (κ2) is 5.28. The van der Waals surface area contributed by atoms with Crippen LogP contribution in [-0.4, -0.2) is 30.3 Å². The molecule has 3 aromatic rings. The molecule has 0 atom stereocenters. The molecule has 0 saturated carbocycles. The standard InChI is InChI=1S/C12H10ClN5OS/c1-7-14-16-12(20-7)18-11(10(6-19)15-17-18)8-4-2-3-5-9(8)13/h2-5,19H,6H2,1H3. The van der Waals surface area contributed by atoms with Crippen molar-refractivity contribution in [2.24, 2.45) is 0 Å². The molecule has 3 rings (SSSR count). The molecule has 1 N–H and O–H groups in total. The SMILES string of the molecule is Cc1nnc(-n2nnc(CO)c2-c2ccccc2Cl)s1. The molecular weight excluding hydrogens is 298 g/mol. The van der Waals surface area contributed by atoms with Crippen molar-refractivity contribution in [3.05, 3.63) is 40.0 Å². The lowest BCUT2D eigenvalue weighted by Gasteiger charge is -2.06. The molecule has 20 heavy (non-hydrogen) atoms. The fourth-order valence-corrected chi connectivity index (χ4v) is 2.71. The number of aryl methyl sites for hydroxylation is 1. The highest BCUT2D eigenvalue weighted by atomic mass is 35.5. The fourth-order valence-electron chi connectivity index (χ4n) is 1.85. The van der Waals surface area contributed by atoms with Crippen LogP contribution in [0.1, 0.15) is 10.7 Å². The Bertz CT molecular complexity index is 754. The second-order valence-electron chi connectivity index (χ2n) is 4.04. The average Bonchev–Trinajstić information content (AvgIpc) is 3.05. The lowest BCUT2D eigenvalue weighted by molar-refractivity contribution is 0.277. The predicted molar refractivity (Wildman–Crippen MR) is 75.9 cm³/mol. The number of rotatable bonds is 3. The van der Waals surface area contributed by atoms with Crippen LogP contribution in [0.3, 0.4) is 0 Å². The Labute approximate surface area is 123 Å². The van der Waals surface area contributed by atoms with E-state index in [1.54, 1.807) is 10.7 Å². The van der Waals surface area contributed by atoms with E-state index in [0.717, 1.165) is 10.6 Å². The molecule has 0 unspecified atom stereocenters. The summed E-state index contributed by atoms with van der Waals surface area (Å²) >= 11 is 7.62. The van der Waals surface area contributed by atoms with Crippen LogP contribution in [0.5, 0.6) is 0 Å². The Morgan fingerprint density at radius 3 is 2.70 bits per heavy atom. The van der Waals surface area contributed by atoms with Crippen molar-refractivity contribution in [2.75, 3.05) is 0 Å². The summed E-state index contributed by atoms with van der Waals surface area (Å²) in [4.78, 5) is 0. The third-order valence-corrected chi connectivity index (χ3v) is 3.86. The lowest BCUT2D eigenvalue weighted by atomic mass is 10.1. The number of aliphatic hydroxyl groups is 1. The van der Waals surface area contributed by atoms with Gasteiger partial charge in [-0.05, 0) is 13.0 Å². The van der Waals surface area contributed by atoms with Crippen molar-refractivity contribution < 1.29 is 5.11 Å². The van der Waals surface area contributed by atoms with Crippen molar-refractivity contribution in [1.82, 2.24) is 25.2 Å². The molecule has 6 nitrogen and oxygen atoms in total. The van der Waals surface area contributed by atoms with Gasteiger partial charge in [-0.1, -0.05) is 46.4 Å². The first-order valence-corrected chi connectivity index (χ1v) is 7.01. The highest BCUT2D eigenvalue weighted by Crippen LogP contribution is 2.31. The zero-order chi connectivity index (χ0) is 14.1. The van der Waals surface area contributed by atoms with Crippen molar-refractivity contribution in [2.45, 2.75) is 13.5 Å². The smallest absolute Gasteiger partial charge is 0.234 e. The molecule has 0 radical (unpaired) electrons. The van der Waals surface area contributed by atoms with Gasteiger partial charge >= 0.3 is 0 Å². The molecular formula is C12H10ClN5OS. The first-order valence-electron chi connectivity index (χ1n) is 5.81. The van der Waals surface area contributed by atoms with Crippen LogP contribution in [-0.2, 0) is 6.61 Å². The lowest BCUT2D eigenvalue weighted by Crippen LogP contribution is -2.00. The van der Waals surface area contributed by atoms with Crippen LogP contribution in [0.25, 0.3) is 16.4 Å². The van der Waals surface area contributed by atoms with Gasteiger partial charge in [-0.15, -0.1) is 15.3 Å². The highest BCUT2D eigenvalue weighted by molar-refractivity contribution is 7.13. The Morgan fingerprint density at radius 2 is 2.05 bits per heavy atom. The van der Waals surface area contributed by atoms with Crippen molar-refractivity contribution in [3.63, 3.8) is 0 Å². The van der Waals surface area contributed by atoms with Crippen LogP contribution >= 0.6 is 22.9 Å². The van der Waals surface area contributed by atoms with Gasteiger partial charge in [0.05, 0.1) is 11.6 Å². The van der Waals surface area contributed by atoms with Gasteiger partial charge in [-0.25, -0.2) is 0 Å². The maximum atomic E-state index is 9.44. The summed E-state index contributed by atoms with van der Waals surface area (Å²) in [6, 6.07) is 7.34. The van der Waals surface area contributed by atoms with E-state index in [0.29, 0.717) is 21.5 Å². The summed E-state index contributed by atoms with van der Waals surface area (Å²) in [6.07, 6.45) is 0. The number of hydrogen-bond donors (Lipinski definition) is 1. The van der Waals surface area contributed by atoms with E-state index in [2.05, 4.69) is 20.5 Å². The first kappa shape index (κ1) is 13.2. The molecule has 0 aliphatic carbocycles. The topological polar surface area (TPSA) is 76.7 Å². The molecule has 0 bridgehead atoms. The van der Waals surface area contributed by atoms with E-state index in [1.807, 2.05) is 25.1 Å². The van der Waals surface area contributed by atoms with Crippen LogP contribution in [0.2, 0.25) is 5.02 Å². The summed E-state index contributed by atoms with van der Waals surface area (Å²) in [7, 11) is 0. The molecule has 2 heterocycles. The molecule has 0 fully saturated rings. The Morgan fingerprint density at radius 1 is 1.25 bits per heavy atom. The van der Waals surface area contributed by atoms with Gasteiger partial charge in [0.1, 0.15) is 16.4 Å². The molecule has 8 heteroatoms. The third kappa shape index (κ3) is 2.20. The molecule has 0 spiro atoms. The number of benzene rings is 1. The zero-order valence-corrected chi connectivity index (χ0v) is 12.1. The summed E-state index contributed by atoms with van der Waals surface area (Å²) in [5.74, 6) is 0. The molecule has 102 valence electrons. The second-order valence-corrected chi connectivity index (χ2v) is 5.61. The van der Waals surface area contributed by atoms with Gasteiger partial charge in [-0.3, -0.25) is 0 Å². The quantitative estimate of drug-likeness (QED) is 0.803. The summed E-state index contributed by atoms with van der Waals surface area (Å²) in [5, 5.41) is 27.5. The van der Waals surface area contributed by atoms with Gasteiger partial charge in [0.2, 0.25) is 5.13 Å². The molecule has 1 aromatic carbocycles. The van der Waals surface area contributed by atoms with Gasteiger partial charge < -0.3 is 5.11 Å². The van der Waals surface area contributed by atoms with E-state index >= 15 is 0 Å². The zero-order valence-electron chi connectivity index (χ0n) is 10.5. The minimum absolute atomic E-state index is 0.224. The maximum absolute atomic E-state index is 9.44. The monoisotopic (exact) mass is 307 g/mol. The maximum Gasteiger partial charge on any atom is 0.234 e. The summed E-state index contributed by atoms with van der Waals surface area (Å²) in [6.45, 7) is 1.64. The predicted octanol–water partition coefficient (Wildman–Crippen LogP) is 2.24. The van der Waals surface area contributed by atoms with Crippen LogP contribution in [0.15, 0.2) is 24.3 Å². The van der Waals surface area contributed by atoms with Crippen molar-refractivity contribution >= 4 is 22.9 Å². The number of hydrogen-bond acceptors (Lipinski definition) is 6. The molecule has 0 amide bonds. The van der Waals surface area contributed by atoms with Crippen LogP contribution in [0, 0.1) is 6.92 Å². The minimum atomic E-state index is -0.224. The number of aromatic nitrogens is 5. The van der Waals surface area contributed by atoms with E-state index in [-0.39, 0.29) is 6.61 Å². The van der Waals surface area contributed by atoms with Crippen molar-refractivity contribution in [3.8, 4) is 16.4 Å². The van der Waals surface area contributed by atoms with Gasteiger partial charge in [0.15, 0.2) is 0 Å². The Kier molecular flexibility index (Phi) is 3.47. The Balaban J connectivity index is 2.23. The van der Waals surface area contributed by atoms with Crippen molar-refractivity contribution in [1.29, 1.82) is 0 Å². The third-order valence-electron chi connectivity index (χ3n) is 2.72. The fraction of sp³-hybridized carbons (Fsp3) is 0.167. The van der Waals surface area contributed by atoms with E-state index < -0.39 is 0 Å². The highest BCUT2D eigenvalue weighted by Gasteiger charge is 2.19. The number of aliphatic hydroxyl groups excluding tert-OH is 1. The van der Waals surface area contributed by atoms with Gasteiger partial charge in [0, 0.05) is 5.56 Å². The molecule has 2 aromatic heterocycles. The Hall–Kier alpha value is -1.83. The van der Waals surface area contributed by atoms with E-state index in [9.17, 15) is 5.11 Å². The molecule has 0 aliphatic heterocycles. The van der Waals surface area contributed by atoms with Crippen LogP contribution < -0.4 is 0 Å². The largest absolute Gasteiger partial charge is 0.390 e. The molecule has 0 saturated heterocycles. The normalized spacial score (nSPS) is 10.9. The molecule has 0 aliphatic rings. The van der Waals surface area contributed by atoms with Gasteiger partial charge in [0.25, 0.3) is 0 Å². The summed E-state index contributed by atoms with van der Waals surface area (Å²) in [5.41, 5.74) is 1.83. The van der Waals surface area contributed by atoms with Crippen LogP contribution in [0.4, 0.5) is 0 Å². The first-order chi connectivity index (χ1) is 9.70. The van der Waals surface area contributed by atoms with E-state index in [4.69, 9.17) is 11.6 Å². The van der Waals surface area contributed by atoms with Gasteiger partial charge in [-0.2, -0.15) is 4.68 Å². The van der Waals surface area contributed by atoms with E-state index in [1.165, 1.54) is 11.3 Å². The number of nitrogens with zero attached hydrogens (tertiary/aromatic N) is 5. The minimum Gasteiger partial charge on any atom is -0.390 e.